The largest absolute Gasteiger partial charge is 0.349 e. The highest BCUT2D eigenvalue weighted by molar-refractivity contribution is 5.78. The van der Waals surface area contributed by atoms with E-state index in [1.807, 2.05) is 30.8 Å². The van der Waals surface area contributed by atoms with E-state index in [-0.39, 0.29) is 23.6 Å². The predicted octanol–water partition coefficient (Wildman–Crippen LogP) is 2.92. The molecule has 2 fully saturated rings. The van der Waals surface area contributed by atoms with E-state index in [1.165, 1.54) is 5.56 Å². The summed E-state index contributed by atoms with van der Waals surface area (Å²) < 4.78 is 1.98. The zero-order chi connectivity index (χ0) is 19.8. The van der Waals surface area contributed by atoms with Gasteiger partial charge in [0.05, 0.1) is 11.0 Å². The number of nitrogens with zero attached hydrogens (tertiary/aromatic N) is 3. The molecule has 0 atom stereocenters. The van der Waals surface area contributed by atoms with Crippen molar-refractivity contribution in [3.8, 4) is 0 Å². The molecule has 1 aromatic carbocycles. The van der Waals surface area contributed by atoms with Crippen molar-refractivity contribution in [1.82, 2.24) is 19.4 Å². The van der Waals surface area contributed by atoms with Crippen LogP contribution < -0.4 is 5.69 Å². The number of aromatic nitrogens is 2. The summed E-state index contributed by atoms with van der Waals surface area (Å²) in [4.78, 5) is 32.1. The molecule has 1 aliphatic carbocycles. The number of likely N-dealkylation sites (tertiary alicyclic amines) is 1. The van der Waals surface area contributed by atoms with Gasteiger partial charge in [0, 0.05) is 45.2 Å². The summed E-state index contributed by atoms with van der Waals surface area (Å²) in [6.07, 6.45) is 6.25. The Morgan fingerprint density at radius 1 is 1.04 bits per heavy atom. The van der Waals surface area contributed by atoms with E-state index < -0.39 is 0 Å². The number of H-pyrrole nitrogens is 1. The number of hydrogen-bond donors (Lipinski definition) is 1. The first-order valence-corrected chi connectivity index (χ1v) is 10.6. The number of piperidine rings is 1. The van der Waals surface area contributed by atoms with Crippen LogP contribution >= 0.6 is 0 Å². The number of carbonyl (C=O) groups excluding carboxylic acids is 1. The van der Waals surface area contributed by atoms with Gasteiger partial charge in [-0.15, -0.1) is 0 Å². The van der Waals surface area contributed by atoms with Gasteiger partial charge < -0.3 is 14.8 Å². The third kappa shape index (κ3) is 3.62. The van der Waals surface area contributed by atoms with Crippen LogP contribution in [-0.2, 0) is 4.79 Å². The molecule has 1 aliphatic heterocycles. The number of rotatable bonds is 3. The highest BCUT2D eigenvalue weighted by Gasteiger charge is 2.32. The molecule has 0 bridgehead atoms. The number of nitrogens with one attached hydrogen (secondary N) is 1. The van der Waals surface area contributed by atoms with Gasteiger partial charge in [-0.25, -0.2) is 4.79 Å². The first-order chi connectivity index (χ1) is 13.4. The van der Waals surface area contributed by atoms with Crippen LogP contribution in [0.1, 0.15) is 50.1 Å². The number of aryl methyl sites for hydroxylation is 1. The summed E-state index contributed by atoms with van der Waals surface area (Å²) in [7, 11) is 3.71. The van der Waals surface area contributed by atoms with Crippen molar-refractivity contribution in [3.05, 3.63) is 34.2 Å². The molecule has 4 rings (SSSR count). The number of aromatic amines is 1. The molecule has 1 saturated heterocycles. The van der Waals surface area contributed by atoms with Crippen molar-refractivity contribution in [2.24, 2.45) is 5.92 Å². The lowest BCUT2D eigenvalue weighted by atomic mass is 9.84. The normalized spacial score (nSPS) is 24.5. The van der Waals surface area contributed by atoms with E-state index in [9.17, 15) is 9.59 Å². The fourth-order valence-corrected chi connectivity index (χ4v) is 5.16. The Hall–Kier alpha value is -2.08. The third-order valence-corrected chi connectivity index (χ3v) is 6.74. The quantitative estimate of drug-likeness (QED) is 0.885. The Bertz CT molecular complexity index is 897. The Labute approximate surface area is 166 Å². The molecular formula is C22H32N4O2. The van der Waals surface area contributed by atoms with Crippen LogP contribution in [0.15, 0.2) is 23.0 Å². The van der Waals surface area contributed by atoms with Crippen molar-refractivity contribution in [1.29, 1.82) is 0 Å². The molecule has 0 unspecified atom stereocenters. The third-order valence-electron chi connectivity index (χ3n) is 6.74. The molecule has 0 radical (unpaired) electrons. The molecular weight excluding hydrogens is 352 g/mol. The average Bonchev–Trinajstić information content (AvgIpc) is 3.02. The van der Waals surface area contributed by atoms with Crippen LogP contribution in [0.5, 0.6) is 0 Å². The lowest BCUT2D eigenvalue weighted by molar-refractivity contribution is -0.134. The Balaban J connectivity index is 1.38. The van der Waals surface area contributed by atoms with Gasteiger partial charge in [0.25, 0.3) is 0 Å². The van der Waals surface area contributed by atoms with Gasteiger partial charge in [-0.3, -0.25) is 9.36 Å². The zero-order valence-corrected chi connectivity index (χ0v) is 17.3. The van der Waals surface area contributed by atoms with Crippen LogP contribution in [0.25, 0.3) is 11.0 Å². The van der Waals surface area contributed by atoms with Crippen molar-refractivity contribution >= 4 is 16.9 Å². The van der Waals surface area contributed by atoms with E-state index in [2.05, 4.69) is 22.9 Å². The van der Waals surface area contributed by atoms with E-state index >= 15 is 0 Å². The van der Waals surface area contributed by atoms with Crippen molar-refractivity contribution < 1.29 is 4.79 Å². The lowest BCUT2D eigenvalue weighted by Crippen LogP contribution is -2.45. The highest BCUT2D eigenvalue weighted by atomic mass is 16.2. The van der Waals surface area contributed by atoms with Crippen LogP contribution in [0.4, 0.5) is 0 Å². The number of amides is 1. The van der Waals surface area contributed by atoms with Gasteiger partial charge in [-0.1, -0.05) is 6.07 Å². The average molecular weight is 385 g/mol. The van der Waals surface area contributed by atoms with Crippen molar-refractivity contribution in [2.45, 2.75) is 57.5 Å². The smallest absolute Gasteiger partial charge is 0.326 e. The van der Waals surface area contributed by atoms with Crippen LogP contribution in [0, 0.1) is 12.8 Å². The monoisotopic (exact) mass is 384 g/mol. The first-order valence-electron chi connectivity index (χ1n) is 10.6. The van der Waals surface area contributed by atoms with Crippen LogP contribution in [-0.4, -0.2) is 58.5 Å². The van der Waals surface area contributed by atoms with Crippen LogP contribution in [0.3, 0.4) is 0 Å². The molecule has 6 nitrogen and oxygen atoms in total. The van der Waals surface area contributed by atoms with Gasteiger partial charge in [0.15, 0.2) is 0 Å². The number of benzene rings is 1. The van der Waals surface area contributed by atoms with E-state index in [0.717, 1.165) is 62.6 Å². The maximum Gasteiger partial charge on any atom is 0.326 e. The minimum atomic E-state index is 0.0155. The topological polar surface area (TPSA) is 61.3 Å². The number of fused-ring (bicyclic) bond motifs is 1. The molecule has 2 heterocycles. The first kappa shape index (κ1) is 19.2. The summed E-state index contributed by atoms with van der Waals surface area (Å²) in [5.41, 5.74) is 3.16. The summed E-state index contributed by atoms with van der Waals surface area (Å²) in [6.45, 7) is 4.14. The minimum absolute atomic E-state index is 0.0155. The number of carbonyl (C=O) groups is 1. The van der Waals surface area contributed by atoms with Gasteiger partial charge in [-0.05, 0) is 63.1 Å². The standard InChI is InChI=1S/C22H32N4O2/c1-15-4-9-19-20(14-15)26(22(28)23-19)18-10-12-25(13-11-18)17-7-5-16(6-8-17)21(27)24(2)3/h4,9,14,16-18H,5-8,10-13H2,1-3H3,(H,23,28)/t16-,17+. The fourth-order valence-electron chi connectivity index (χ4n) is 5.16. The summed E-state index contributed by atoms with van der Waals surface area (Å²) in [5, 5.41) is 0. The predicted molar refractivity (Wildman–Crippen MR) is 112 cm³/mol. The van der Waals surface area contributed by atoms with Gasteiger partial charge in [-0.2, -0.15) is 0 Å². The summed E-state index contributed by atoms with van der Waals surface area (Å²) in [5.74, 6) is 0.489. The zero-order valence-electron chi connectivity index (χ0n) is 17.3. The molecule has 1 amide bonds. The highest BCUT2D eigenvalue weighted by Crippen LogP contribution is 2.32. The molecule has 2 aromatic rings. The van der Waals surface area contributed by atoms with E-state index in [4.69, 9.17) is 0 Å². The van der Waals surface area contributed by atoms with E-state index in [1.54, 1.807) is 4.90 Å². The molecule has 152 valence electrons. The van der Waals surface area contributed by atoms with Gasteiger partial charge in [0.2, 0.25) is 5.91 Å². The second-order valence-electron chi connectivity index (χ2n) is 8.83. The fraction of sp³-hybridized carbons (Fsp3) is 0.636. The maximum atomic E-state index is 12.5. The molecule has 1 N–H and O–H groups in total. The minimum Gasteiger partial charge on any atom is -0.349 e. The number of hydrogen-bond acceptors (Lipinski definition) is 3. The van der Waals surface area contributed by atoms with Crippen molar-refractivity contribution in [2.75, 3.05) is 27.2 Å². The molecule has 1 aromatic heterocycles. The second-order valence-corrected chi connectivity index (χ2v) is 8.83. The van der Waals surface area contributed by atoms with Gasteiger partial charge in [0.1, 0.15) is 0 Å². The maximum absolute atomic E-state index is 12.5. The Kier molecular flexibility index (Phi) is 5.32. The SMILES string of the molecule is Cc1ccc2[nH]c(=O)n(C3CCN([C@H]4CC[C@@H](C(=O)N(C)C)CC4)CC3)c2c1. The van der Waals surface area contributed by atoms with Crippen molar-refractivity contribution in [3.63, 3.8) is 0 Å². The molecule has 28 heavy (non-hydrogen) atoms. The molecule has 6 heteroatoms. The molecule has 1 saturated carbocycles. The van der Waals surface area contributed by atoms with Gasteiger partial charge >= 0.3 is 5.69 Å². The Morgan fingerprint density at radius 2 is 1.71 bits per heavy atom. The van der Waals surface area contributed by atoms with E-state index in [0.29, 0.717) is 6.04 Å². The molecule has 0 spiro atoms. The number of imidazole rings is 1. The summed E-state index contributed by atoms with van der Waals surface area (Å²) in [6, 6.07) is 7.02. The second kappa shape index (κ2) is 7.74. The lowest BCUT2D eigenvalue weighted by Gasteiger charge is -2.41. The molecule has 2 aliphatic rings. The summed E-state index contributed by atoms with van der Waals surface area (Å²) >= 11 is 0. The van der Waals surface area contributed by atoms with Crippen LogP contribution in [0.2, 0.25) is 0 Å². The Morgan fingerprint density at radius 3 is 2.36 bits per heavy atom.